The Morgan fingerprint density at radius 1 is 1.22 bits per heavy atom. The number of aromatic nitrogens is 1. The average molecular weight is 617 g/mol. The second-order valence-electron chi connectivity index (χ2n) is 12.8. The van der Waals surface area contributed by atoms with E-state index < -0.39 is 12.1 Å². The molecule has 8 nitrogen and oxygen atoms in total. The molecule has 1 saturated carbocycles. The summed E-state index contributed by atoms with van der Waals surface area (Å²) in [5, 5.41) is 18.0. The van der Waals surface area contributed by atoms with Crippen LogP contribution in [0.25, 0.3) is 11.1 Å². The number of pyridine rings is 1. The fourth-order valence-corrected chi connectivity index (χ4v) is 6.37. The number of amides is 1. The van der Waals surface area contributed by atoms with Gasteiger partial charge in [-0.15, -0.1) is 0 Å². The van der Waals surface area contributed by atoms with E-state index in [2.05, 4.69) is 40.4 Å². The van der Waals surface area contributed by atoms with E-state index in [9.17, 15) is 14.3 Å². The molecule has 45 heavy (non-hydrogen) atoms. The lowest BCUT2D eigenvalue weighted by atomic mass is 9.72. The van der Waals surface area contributed by atoms with Crippen molar-refractivity contribution < 1.29 is 23.8 Å². The van der Waals surface area contributed by atoms with Gasteiger partial charge in [-0.1, -0.05) is 30.4 Å². The van der Waals surface area contributed by atoms with Crippen LogP contribution in [0.1, 0.15) is 55.3 Å². The molecule has 2 aliphatic rings. The fraction of sp³-hybridized carbons (Fsp3) is 0.444. The predicted molar refractivity (Wildman–Crippen MR) is 175 cm³/mol. The number of hydrogen-bond acceptors (Lipinski definition) is 7. The van der Waals surface area contributed by atoms with Gasteiger partial charge in [-0.3, -0.25) is 4.79 Å². The van der Waals surface area contributed by atoms with Crippen LogP contribution in [0.5, 0.6) is 5.75 Å². The molecule has 0 radical (unpaired) electrons. The van der Waals surface area contributed by atoms with Gasteiger partial charge < -0.3 is 30.1 Å². The first-order valence-electron chi connectivity index (χ1n) is 15.6. The van der Waals surface area contributed by atoms with Gasteiger partial charge in [0.25, 0.3) is 0 Å². The Morgan fingerprint density at radius 2 is 2.02 bits per heavy atom. The summed E-state index contributed by atoms with van der Waals surface area (Å²) in [6.45, 7) is 6.27. The molecule has 2 heterocycles. The summed E-state index contributed by atoms with van der Waals surface area (Å²) in [5.74, 6) is 1.02. The number of aliphatic hydroxyl groups excluding tert-OH is 1. The lowest BCUT2D eigenvalue weighted by Crippen LogP contribution is -2.52. The minimum absolute atomic E-state index is 0.0906. The molecule has 3 N–H and O–H groups in total. The summed E-state index contributed by atoms with van der Waals surface area (Å²) < 4.78 is 25.9. The van der Waals surface area contributed by atoms with Crippen molar-refractivity contribution in [3.8, 4) is 16.9 Å². The van der Waals surface area contributed by atoms with Crippen LogP contribution in [0.15, 0.2) is 66.9 Å². The first-order chi connectivity index (χ1) is 21.6. The van der Waals surface area contributed by atoms with Crippen LogP contribution < -0.4 is 20.3 Å². The fourth-order valence-electron chi connectivity index (χ4n) is 6.37. The van der Waals surface area contributed by atoms with Crippen molar-refractivity contribution in [3.63, 3.8) is 0 Å². The second-order valence-corrected chi connectivity index (χ2v) is 12.8. The standard InChI is InChI=1S/C36H45FN4O4/c1-23(2)14-25-16-28(26-10-13-38-33(19-26)41(3)4)35-29(17-25)31(20-36(45-35)11-7-12-36)39-21-32(42)30(40-34(43)22-44-5)18-24-8-6-9-27(37)15-24/h6,8-10,13,15-17,19,30-32,39,42H,1,7,11-12,14,18,20-22H2,2-5H3,(H,40,43)/t30-,31-,32+/m0/s1. The van der Waals surface area contributed by atoms with Gasteiger partial charge >= 0.3 is 0 Å². The third kappa shape index (κ3) is 7.90. The number of ether oxygens (including phenoxy) is 2. The van der Waals surface area contributed by atoms with E-state index in [1.807, 2.05) is 38.2 Å². The van der Waals surface area contributed by atoms with E-state index in [4.69, 9.17) is 9.47 Å². The van der Waals surface area contributed by atoms with Crippen molar-refractivity contribution in [2.24, 2.45) is 0 Å². The zero-order chi connectivity index (χ0) is 32.1. The number of anilines is 1. The quantitative estimate of drug-likeness (QED) is 0.229. The monoisotopic (exact) mass is 616 g/mol. The Balaban J connectivity index is 1.47. The third-order valence-electron chi connectivity index (χ3n) is 8.74. The highest BCUT2D eigenvalue weighted by Crippen LogP contribution is 2.52. The van der Waals surface area contributed by atoms with E-state index in [1.165, 1.54) is 19.2 Å². The molecule has 3 aromatic rings. The molecule has 0 unspecified atom stereocenters. The summed E-state index contributed by atoms with van der Waals surface area (Å²) in [6.07, 6.45) is 5.69. The van der Waals surface area contributed by atoms with Crippen LogP contribution in [0.2, 0.25) is 0 Å². The van der Waals surface area contributed by atoms with E-state index in [0.717, 1.165) is 71.5 Å². The normalized spacial score (nSPS) is 17.9. The number of carbonyl (C=O) groups excluding carboxylic acids is 1. The average Bonchev–Trinajstić information content (AvgIpc) is 2.98. The van der Waals surface area contributed by atoms with Gasteiger partial charge in [-0.2, -0.15) is 0 Å². The molecule has 240 valence electrons. The molecule has 1 fully saturated rings. The zero-order valence-corrected chi connectivity index (χ0v) is 26.7. The largest absolute Gasteiger partial charge is 0.486 e. The maximum atomic E-state index is 14.0. The van der Waals surface area contributed by atoms with Crippen LogP contribution in [0, 0.1) is 5.82 Å². The highest BCUT2D eigenvalue weighted by atomic mass is 19.1. The van der Waals surface area contributed by atoms with Crippen molar-refractivity contribution in [2.45, 2.75) is 69.2 Å². The minimum Gasteiger partial charge on any atom is -0.486 e. The molecular formula is C36H45FN4O4. The lowest BCUT2D eigenvalue weighted by Gasteiger charge is -2.49. The maximum Gasteiger partial charge on any atom is 0.246 e. The van der Waals surface area contributed by atoms with E-state index in [-0.39, 0.29) is 42.9 Å². The van der Waals surface area contributed by atoms with Crippen molar-refractivity contribution in [1.82, 2.24) is 15.6 Å². The molecule has 2 aromatic carbocycles. The van der Waals surface area contributed by atoms with Crippen molar-refractivity contribution in [3.05, 3.63) is 89.4 Å². The Morgan fingerprint density at radius 3 is 2.69 bits per heavy atom. The Labute approximate surface area is 265 Å². The Hall–Kier alpha value is -3.79. The summed E-state index contributed by atoms with van der Waals surface area (Å²) in [5.41, 5.74) is 5.69. The van der Waals surface area contributed by atoms with E-state index >= 15 is 0 Å². The molecule has 3 atom stereocenters. The highest BCUT2D eigenvalue weighted by molar-refractivity contribution is 5.77. The molecule has 1 aliphatic carbocycles. The molecule has 1 amide bonds. The SMILES string of the molecule is C=C(C)Cc1cc(-c2ccnc(N(C)C)c2)c2c(c1)[C@@H](NC[C@@H](O)[C@H](Cc1cccc(F)c1)NC(=O)COC)CC1(CCC1)O2. The van der Waals surface area contributed by atoms with Gasteiger partial charge in [0.05, 0.1) is 12.1 Å². The van der Waals surface area contributed by atoms with Crippen molar-refractivity contribution in [2.75, 3.05) is 39.3 Å². The van der Waals surface area contributed by atoms with Gasteiger partial charge in [0.1, 0.15) is 29.6 Å². The molecule has 1 aromatic heterocycles. The number of rotatable bonds is 13. The lowest BCUT2D eigenvalue weighted by molar-refractivity contribution is -0.126. The summed E-state index contributed by atoms with van der Waals surface area (Å²) in [6, 6.07) is 14.0. The van der Waals surface area contributed by atoms with Crippen LogP contribution in [0.4, 0.5) is 10.2 Å². The van der Waals surface area contributed by atoms with Crippen LogP contribution in [-0.4, -0.2) is 68.1 Å². The first-order valence-corrected chi connectivity index (χ1v) is 15.6. The molecule has 5 rings (SSSR count). The van der Waals surface area contributed by atoms with Crippen LogP contribution in [0.3, 0.4) is 0 Å². The third-order valence-corrected chi connectivity index (χ3v) is 8.74. The van der Waals surface area contributed by atoms with Gasteiger partial charge in [-0.05, 0) is 86.1 Å². The van der Waals surface area contributed by atoms with Gasteiger partial charge in [-0.25, -0.2) is 9.37 Å². The molecule has 1 aliphatic heterocycles. The number of hydrogen-bond donors (Lipinski definition) is 3. The van der Waals surface area contributed by atoms with Crippen molar-refractivity contribution in [1.29, 1.82) is 0 Å². The molecule has 1 spiro atoms. The summed E-state index contributed by atoms with van der Waals surface area (Å²) in [7, 11) is 5.40. The molecule has 9 heteroatoms. The Bertz CT molecular complexity index is 1520. The van der Waals surface area contributed by atoms with Gasteiger partial charge in [0.15, 0.2) is 0 Å². The van der Waals surface area contributed by atoms with Gasteiger partial charge in [0.2, 0.25) is 5.91 Å². The molecule has 0 saturated heterocycles. The number of halogens is 1. The summed E-state index contributed by atoms with van der Waals surface area (Å²) >= 11 is 0. The highest BCUT2D eigenvalue weighted by Gasteiger charge is 2.46. The Kier molecular flexibility index (Phi) is 10.2. The number of benzene rings is 2. The molecular weight excluding hydrogens is 571 g/mol. The number of nitrogens with one attached hydrogen (secondary N) is 2. The summed E-state index contributed by atoms with van der Waals surface area (Å²) in [4.78, 5) is 19.0. The zero-order valence-electron chi connectivity index (χ0n) is 26.7. The topological polar surface area (TPSA) is 96.0 Å². The van der Waals surface area contributed by atoms with Crippen LogP contribution in [-0.2, 0) is 22.4 Å². The number of nitrogens with zero attached hydrogens (tertiary/aromatic N) is 2. The molecule has 0 bridgehead atoms. The second kappa shape index (κ2) is 14.1. The first kappa shape index (κ1) is 32.6. The number of aliphatic hydroxyl groups is 1. The minimum atomic E-state index is -0.946. The smallest absolute Gasteiger partial charge is 0.246 e. The van der Waals surface area contributed by atoms with Crippen molar-refractivity contribution >= 4 is 11.7 Å². The number of methoxy groups -OCH3 is 1. The van der Waals surface area contributed by atoms with Crippen LogP contribution >= 0.6 is 0 Å². The van der Waals surface area contributed by atoms with Gasteiger partial charge in [0, 0.05) is 57.5 Å². The number of allylic oxidation sites excluding steroid dienone is 1. The van der Waals surface area contributed by atoms with E-state index in [1.54, 1.807) is 12.1 Å². The number of carbonyl (C=O) groups is 1. The number of fused-ring (bicyclic) bond motifs is 1. The predicted octanol–water partition coefficient (Wildman–Crippen LogP) is 5.14. The van der Waals surface area contributed by atoms with E-state index in [0.29, 0.717) is 5.56 Å². The maximum absolute atomic E-state index is 14.0.